The number of morpholine rings is 1. The summed E-state index contributed by atoms with van der Waals surface area (Å²) in [6, 6.07) is -0.246. The van der Waals surface area contributed by atoms with E-state index in [9.17, 15) is 19.8 Å². The number of aliphatic hydroxyl groups is 1. The van der Waals surface area contributed by atoms with Gasteiger partial charge >= 0.3 is 12.1 Å². The van der Waals surface area contributed by atoms with Crippen LogP contribution in [0.3, 0.4) is 0 Å². The molecule has 0 aliphatic carbocycles. The molecule has 2 aliphatic rings. The lowest BCUT2D eigenvalue weighted by Crippen LogP contribution is -2.75. The molecular formula is C15H26N2O6. The second kappa shape index (κ2) is 6.62. The van der Waals surface area contributed by atoms with Crippen molar-refractivity contribution in [1.29, 1.82) is 0 Å². The standard InChI is InChI=1S/C15H26N2O6/c1-14(2,3)23-13(21)16-9-15(10-16,6-12(19)20)17-4-5-22-8-11(17)7-18/h11,18H,4-10H2,1-3H3,(H,19,20). The van der Waals surface area contributed by atoms with Gasteiger partial charge in [0.15, 0.2) is 0 Å². The summed E-state index contributed by atoms with van der Waals surface area (Å²) in [6.45, 7) is 7.23. The minimum Gasteiger partial charge on any atom is -0.481 e. The second-order valence-corrected chi connectivity index (χ2v) is 7.24. The zero-order valence-electron chi connectivity index (χ0n) is 13.9. The van der Waals surface area contributed by atoms with Crippen molar-refractivity contribution in [2.75, 3.05) is 39.5 Å². The molecule has 2 aliphatic heterocycles. The number of aliphatic hydroxyl groups excluding tert-OH is 1. The third-order valence-electron chi connectivity index (χ3n) is 4.15. The van der Waals surface area contributed by atoms with E-state index in [2.05, 4.69) is 0 Å². The van der Waals surface area contributed by atoms with Gasteiger partial charge in [0.1, 0.15) is 5.60 Å². The van der Waals surface area contributed by atoms with Gasteiger partial charge in [-0.15, -0.1) is 0 Å². The first-order valence-electron chi connectivity index (χ1n) is 7.82. The number of carboxylic acids is 1. The summed E-state index contributed by atoms with van der Waals surface area (Å²) in [7, 11) is 0. The first kappa shape index (κ1) is 18.0. The summed E-state index contributed by atoms with van der Waals surface area (Å²) < 4.78 is 10.7. The molecule has 1 atom stereocenters. The maximum atomic E-state index is 12.1. The third-order valence-corrected chi connectivity index (χ3v) is 4.15. The number of amides is 1. The lowest BCUT2D eigenvalue weighted by Gasteiger charge is -2.57. The molecule has 2 fully saturated rings. The molecule has 2 rings (SSSR count). The molecule has 132 valence electrons. The maximum absolute atomic E-state index is 12.1. The van der Waals surface area contributed by atoms with E-state index in [1.165, 1.54) is 4.90 Å². The smallest absolute Gasteiger partial charge is 0.410 e. The number of carbonyl (C=O) groups is 2. The molecular weight excluding hydrogens is 304 g/mol. The summed E-state index contributed by atoms with van der Waals surface area (Å²) in [6.07, 6.45) is -0.518. The molecule has 0 spiro atoms. The highest BCUT2D eigenvalue weighted by molar-refractivity contribution is 5.73. The highest BCUT2D eigenvalue weighted by Crippen LogP contribution is 2.35. The lowest BCUT2D eigenvalue weighted by molar-refractivity contribution is -0.158. The molecule has 8 heteroatoms. The molecule has 1 amide bonds. The van der Waals surface area contributed by atoms with Crippen molar-refractivity contribution < 1.29 is 29.3 Å². The van der Waals surface area contributed by atoms with E-state index in [4.69, 9.17) is 9.47 Å². The third kappa shape index (κ3) is 4.13. The summed E-state index contributed by atoms with van der Waals surface area (Å²) in [4.78, 5) is 26.9. The molecule has 2 N–H and O–H groups in total. The Morgan fingerprint density at radius 2 is 2.00 bits per heavy atom. The van der Waals surface area contributed by atoms with Gasteiger partial charge in [0.25, 0.3) is 0 Å². The van der Waals surface area contributed by atoms with Crippen molar-refractivity contribution in [2.45, 2.75) is 44.4 Å². The van der Waals surface area contributed by atoms with Crippen LogP contribution in [0.15, 0.2) is 0 Å². The highest BCUT2D eigenvalue weighted by atomic mass is 16.6. The van der Waals surface area contributed by atoms with Crippen LogP contribution >= 0.6 is 0 Å². The van der Waals surface area contributed by atoms with Crippen LogP contribution in [-0.4, -0.2) is 88.7 Å². The number of aliphatic carboxylic acids is 1. The van der Waals surface area contributed by atoms with Crippen LogP contribution in [0.1, 0.15) is 27.2 Å². The van der Waals surface area contributed by atoms with Crippen molar-refractivity contribution in [2.24, 2.45) is 0 Å². The molecule has 0 aromatic rings. The topological polar surface area (TPSA) is 99.5 Å². The van der Waals surface area contributed by atoms with Crippen LogP contribution in [0, 0.1) is 0 Å². The molecule has 1 unspecified atom stereocenters. The van der Waals surface area contributed by atoms with E-state index in [0.717, 1.165) is 0 Å². The first-order valence-corrected chi connectivity index (χ1v) is 7.82. The Bertz CT molecular complexity index is 455. The van der Waals surface area contributed by atoms with Gasteiger partial charge in [-0.05, 0) is 20.8 Å². The minimum absolute atomic E-state index is 0.0806. The largest absolute Gasteiger partial charge is 0.481 e. The van der Waals surface area contributed by atoms with Crippen molar-refractivity contribution in [3.63, 3.8) is 0 Å². The van der Waals surface area contributed by atoms with Gasteiger partial charge in [0.05, 0.1) is 37.8 Å². The van der Waals surface area contributed by atoms with Crippen molar-refractivity contribution in [3.05, 3.63) is 0 Å². The fourth-order valence-corrected chi connectivity index (χ4v) is 3.23. The SMILES string of the molecule is CC(C)(C)OC(=O)N1CC(CC(=O)O)(N2CCOCC2CO)C1. The average molecular weight is 330 g/mol. The van der Waals surface area contributed by atoms with Gasteiger partial charge in [-0.25, -0.2) is 4.79 Å². The van der Waals surface area contributed by atoms with E-state index in [1.807, 2.05) is 4.90 Å². The van der Waals surface area contributed by atoms with E-state index in [1.54, 1.807) is 20.8 Å². The fourth-order valence-electron chi connectivity index (χ4n) is 3.23. The minimum atomic E-state index is -0.919. The summed E-state index contributed by atoms with van der Waals surface area (Å²) >= 11 is 0. The first-order chi connectivity index (χ1) is 10.7. The lowest BCUT2D eigenvalue weighted by atomic mass is 9.83. The summed E-state index contributed by atoms with van der Waals surface area (Å²) in [5.41, 5.74) is -1.26. The Hall–Kier alpha value is -1.38. The Morgan fingerprint density at radius 3 is 2.52 bits per heavy atom. The van der Waals surface area contributed by atoms with Crippen LogP contribution in [0.25, 0.3) is 0 Å². The number of hydrogen-bond donors (Lipinski definition) is 2. The van der Waals surface area contributed by atoms with Crippen LogP contribution in [0.2, 0.25) is 0 Å². The fraction of sp³-hybridized carbons (Fsp3) is 0.867. The number of nitrogens with zero attached hydrogens (tertiary/aromatic N) is 2. The molecule has 2 saturated heterocycles. The maximum Gasteiger partial charge on any atom is 0.410 e. The summed E-state index contributed by atoms with van der Waals surface area (Å²) in [5.74, 6) is -0.919. The molecule has 23 heavy (non-hydrogen) atoms. The number of ether oxygens (including phenoxy) is 2. The average Bonchev–Trinajstić information content (AvgIpc) is 2.40. The van der Waals surface area contributed by atoms with E-state index in [0.29, 0.717) is 19.8 Å². The van der Waals surface area contributed by atoms with Gasteiger partial charge in [0, 0.05) is 19.6 Å². The van der Waals surface area contributed by atoms with Gasteiger partial charge < -0.3 is 24.6 Å². The zero-order chi connectivity index (χ0) is 17.3. The van der Waals surface area contributed by atoms with Crippen molar-refractivity contribution in [1.82, 2.24) is 9.80 Å². The number of rotatable bonds is 4. The molecule has 0 aromatic heterocycles. The van der Waals surface area contributed by atoms with E-state index >= 15 is 0 Å². The monoisotopic (exact) mass is 330 g/mol. The number of likely N-dealkylation sites (tertiary alicyclic amines) is 1. The molecule has 0 bridgehead atoms. The predicted molar refractivity (Wildman–Crippen MR) is 81.2 cm³/mol. The van der Waals surface area contributed by atoms with Crippen LogP contribution < -0.4 is 0 Å². The number of carbonyl (C=O) groups excluding carboxylic acids is 1. The number of carboxylic acid groups (broad SMARTS) is 1. The molecule has 2 heterocycles. The Balaban J connectivity index is 2.08. The van der Waals surface area contributed by atoms with Crippen LogP contribution in [-0.2, 0) is 14.3 Å². The van der Waals surface area contributed by atoms with Crippen LogP contribution in [0.4, 0.5) is 4.79 Å². The summed E-state index contributed by atoms with van der Waals surface area (Å²) in [5, 5.41) is 18.8. The van der Waals surface area contributed by atoms with Gasteiger partial charge in [-0.1, -0.05) is 0 Å². The quantitative estimate of drug-likeness (QED) is 0.756. The second-order valence-electron chi connectivity index (χ2n) is 7.24. The Labute approximate surface area is 135 Å². The number of hydrogen-bond acceptors (Lipinski definition) is 6. The van der Waals surface area contributed by atoms with Gasteiger partial charge in [-0.3, -0.25) is 9.69 Å². The Morgan fingerprint density at radius 1 is 1.35 bits per heavy atom. The van der Waals surface area contributed by atoms with E-state index in [-0.39, 0.29) is 32.2 Å². The van der Waals surface area contributed by atoms with Crippen molar-refractivity contribution in [3.8, 4) is 0 Å². The zero-order valence-corrected chi connectivity index (χ0v) is 13.9. The van der Waals surface area contributed by atoms with Crippen LogP contribution in [0.5, 0.6) is 0 Å². The van der Waals surface area contributed by atoms with Crippen molar-refractivity contribution >= 4 is 12.1 Å². The Kier molecular flexibility index (Phi) is 5.17. The van der Waals surface area contributed by atoms with E-state index < -0.39 is 23.2 Å². The normalized spacial score (nSPS) is 24.9. The highest BCUT2D eigenvalue weighted by Gasteiger charge is 2.53. The molecule has 0 radical (unpaired) electrons. The molecule has 0 aromatic carbocycles. The van der Waals surface area contributed by atoms with Gasteiger partial charge in [-0.2, -0.15) is 0 Å². The molecule has 0 saturated carbocycles. The predicted octanol–water partition coefficient (Wildman–Crippen LogP) is 0.144. The van der Waals surface area contributed by atoms with Gasteiger partial charge in [0.2, 0.25) is 0 Å². The molecule has 8 nitrogen and oxygen atoms in total.